The molecule has 1 unspecified atom stereocenters. The average molecular weight is 539 g/mol. The van der Waals surface area contributed by atoms with Crippen LogP contribution >= 0.6 is 0 Å². The third-order valence-corrected chi connectivity index (χ3v) is 7.51. The van der Waals surface area contributed by atoms with E-state index >= 15 is 0 Å². The second-order valence-corrected chi connectivity index (χ2v) is 10.3. The predicted molar refractivity (Wildman–Crippen MR) is 154 cm³/mol. The SMILES string of the molecule is COc1cc(-c2cncn2C)ccc1Nc1cc(Cc2cnc(C)c(C)n2)nc2c1nc(C)n2C1CCCCO1. The number of aromatic nitrogens is 7. The zero-order valence-electron chi connectivity index (χ0n) is 23.6. The molecule has 5 heterocycles. The highest BCUT2D eigenvalue weighted by Crippen LogP contribution is 2.36. The fraction of sp³-hybridized carbons (Fsp3) is 0.367. The lowest BCUT2D eigenvalue weighted by atomic mass is 10.1. The number of hydrogen-bond acceptors (Lipinski definition) is 8. The Labute approximate surface area is 233 Å². The van der Waals surface area contributed by atoms with Gasteiger partial charge in [0.15, 0.2) is 5.65 Å². The maximum absolute atomic E-state index is 6.16. The number of imidazole rings is 2. The van der Waals surface area contributed by atoms with Gasteiger partial charge in [-0.2, -0.15) is 0 Å². The quantitative estimate of drug-likeness (QED) is 0.286. The minimum Gasteiger partial charge on any atom is -0.495 e. The molecule has 0 radical (unpaired) electrons. The lowest BCUT2D eigenvalue weighted by molar-refractivity contribution is -0.0309. The molecule has 1 aliphatic heterocycles. The monoisotopic (exact) mass is 538 g/mol. The fourth-order valence-electron chi connectivity index (χ4n) is 5.28. The molecule has 0 saturated carbocycles. The minimum absolute atomic E-state index is 0.0801. The summed E-state index contributed by atoms with van der Waals surface area (Å²) < 4.78 is 16.1. The summed E-state index contributed by atoms with van der Waals surface area (Å²) in [6.45, 7) is 6.71. The Kier molecular flexibility index (Phi) is 6.93. The van der Waals surface area contributed by atoms with Crippen molar-refractivity contribution in [1.29, 1.82) is 0 Å². The molecule has 40 heavy (non-hydrogen) atoms. The molecule has 6 rings (SSSR count). The molecule has 4 aromatic heterocycles. The first-order valence-corrected chi connectivity index (χ1v) is 13.6. The Morgan fingerprint density at radius 1 is 1.00 bits per heavy atom. The van der Waals surface area contributed by atoms with Crippen LogP contribution in [0.25, 0.3) is 22.4 Å². The zero-order chi connectivity index (χ0) is 27.8. The molecule has 1 N–H and O–H groups in total. The number of anilines is 2. The summed E-state index contributed by atoms with van der Waals surface area (Å²) in [7, 11) is 3.66. The van der Waals surface area contributed by atoms with Crippen molar-refractivity contribution in [3.8, 4) is 17.0 Å². The minimum atomic E-state index is -0.0801. The number of pyridine rings is 1. The van der Waals surface area contributed by atoms with Crippen molar-refractivity contribution in [3.63, 3.8) is 0 Å². The van der Waals surface area contributed by atoms with E-state index in [0.717, 1.165) is 94.0 Å². The maximum atomic E-state index is 6.16. The van der Waals surface area contributed by atoms with Crippen molar-refractivity contribution in [1.82, 2.24) is 34.1 Å². The highest BCUT2D eigenvalue weighted by atomic mass is 16.5. The Balaban J connectivity index is 1.44. The van der Waals surface area contributed by atoms with Crippen LogP contribution in [-0.2, 0) is 18.2 Å². The van der Waals surface area contributed by atoms with Crippen molar-refractivity contribution in [2.24, 2.45) is 7.05 Å². The first-order valence-electron chi connectivity index (χ1n) is 13.6. The lowest BCUT2D eigenvalue weighted by Gasteiger charge is -2.25. The second kappa shape index (κ2) is 10.7. The first-order chi connectivity index (χ1) is 19.4. The molecular weight excluding hydrogens is 504 g/mol. The summed E-state index contributed by atoms with van der Waals surface area (Å²) in [4.78, 5) is 23.6. The lowest BCUT2D eigenvalue weighted by Crippen LogP contribution is -2.19. The molecular formula is C30H34N8O2. The molecule has 206 valence electrons. The molecule has 0 aliphatic carbocycles. The molecule has 0 spiro atoms. The summed E-state index contributed by atoms with van der Waals surface area (Å²) in [6, 6.07) is 8.15. The van der Waals surface area contributed by atoms with E-state index in [1.165, 1.54) is 0 Å². The molecule has 0 bridgehead atoms. The highest BCUT2D eigenvalue weighted by molar-refractivity contribution is 5.90. The van der Waals surface area contributed by atoms with Crippen LogP contribution in [0.4, 0.5) is 11.4 Å². The van der Waals surface area contributed by atoms with Crippen LogP contribution < -0.4 is 10.1 Å². The number of rotatable bonds is 7. The van der Waals surface area contributed by atoms with Gasteiger partial charge >= 0.3 is 0 Å². The number of fused-ring (bicyclic) bond motifs is 1. The van der Waals surface area contributed by atoms with Crippen molar-refractivity contribution >= 4 is 22.5 Å². The number of hydrogen-bond donors (Lipinski definition) is 1. The van der Waals surface area contributed by atoms with Crippen molar-refractivity contribution in [2.75, 3.05) is 19.0 Å². The topological polar surface area (TPSA) is 105 Å². The van der Waals surface area contributed by atoms with Gasteiger partial charge in [0.1, 0.15) is 23.3 Å². The van der Waals surface area contributed by atoms with E-state index in [0.29, 0.717) is 6.42 Å². The number of benzene rings is 1. The molecule has 1 aromatic carbocycles. The second-order valence-electron chi connectivity index (χ2n) is 10.3. The molecule has 5 aromatic rings. The van der Waals surface area contributed by atoms with Gasteiger partial charge in [-0.3, -0.25) is 14.5 Å². The van der Waals surface area contributed by atoms with Gasteiger partial charge in [0.25, 0.3) is 0 Å². The highest BCUT2D eigenvalue weighted by Gasteiger charge is 2.24. The predicted octanol–water partition coefficient (Wildman–Crippen LogP) is 5.59. The van der Waals surface area contributed by atoms with E-state index in [1.807, 2.05) is 63.0 Å². The summed E-state index contributed by atoms with van der Waals surface area (Å²) in [5, 5.41) is 3.60. The van der Waals surface area contributed by atoms with Gasteiger partial charge in [0.05, 0.1) is 59.5 Å². The van der Waals surface area contributed by atoms with Crippen molar-refractivity contribution in [2.45, 2.75) is 52.7 Å². The smallest absolute Gasteiger partial charge is 0.164 e. The van der Waals surface area contributed by atoms with Gasteiger partial charge in [-0.25, -0.2) is 15.0 Å². The number of nitrogens with zero attached hydrogens (tertiary/aromatic N) is 7. The van der Waals surface area contributed by atoms with Crippen molar-refractivity contribution < 1.29 is 9.47 Å². The molecule has 1 atom stereocenters. The summed E-state index contributed by atoms with van der Waals surface area (Å²) in [5.41, 5.74) is 8.89. The van der Waals surface area contributed by atoms with Crippen molar-refractivity contribution in [3.05, 3.63) is 71.6 Å². The normalized spacial score (nSPS) is 15.5. The summed E-state index contributed by atoms with van der Waals surface area (Å²) >= 11 is 0. The largest absolute Gasteiger partial charge is 0.495 e. The number of ether oxygens (including phenoxy) is 2. The molecule has 10 heteroatoms. The Bertz CT molecular complexity index is 1680. The van der Waals surface area contributed by atoms with Gasteiger partial charge in [-0.15, -0.1) is 0 Å². The molecule has 1 saturated heterocycles. The first kappa shape index (κ1) is 25.9. The van der Waals surface area contributed by atoms with Gasteiger partial charge in [-0.05, 0) is 58.2 Å². The number of aryl methyl sites for hydroxylation is 4. The van der Waals surface area contributed by atoms with Crippen LogP contribution in [0.3, 0.4) is 0 Å². The Morgan fingerprint density at radius 2 is 1.88 bits per heavy atom. The number of nitrogens with one attached hydrogen (secondary N) is 1. The van der Waals surface area contributed by atoms with E-state index in [1.54, 1.807) is 13.4 Å². The third kappa shape index (κ3) is 4.90. The Morgan fingerprint density at radius 3 is 2.60 bits per heavy atom. The maximum Gasteiger partial charge on any atom is 0.164 e. The third-order valence-electron chi connectivity index (χ3n) is 7.51. The van der Waals surface area contributed by atoms with Gasteiger partial charge in [0.2, 0.25) is 0 Å². The summed E-state index contributed by atoms with van der Waals surface area (Å²) in [5.74, 6) is 1.59. The van der Waals surface area contributed by atoms with Crippen LogP contribution in [0, 0.1) is 20.8 Å². The van der Waals surface area contributed by atoms with Crippen LogP contribution in [0.1, 0.15) is 54.1 Å². The van der Waals surface area contributed by atoms with E-state index in [4.69, 9.17) is 24.4 Å². The average Bonchev–Trinajstić information content (AvgIpc) is 3.53. The van der Waals surface area contributed by atoms with Gasteiger partial charge in [-0.1, -0.05) is 6.07 Å². The van der Waals surface area contributed by atoms with E-state index in [2.05, 4.69) is 25.9 Å². The molecule has 0 amide bonds. The van der Waals surface area contributed by atoms with E-state index < -0.39 is 0 Å². The van der Waals surface area contributed by atoms with Gasteiger partial charge < -0.3 is 19.4 Å². The fourth-order valence-corrected chi connectivity index (χ4v) is 5.28. The molecule has 1 aliphatic rings. The summed E-state index contributed by atoms with van der Waals surface area (Å²) in [6.07, 6.45) is 9.06. The van der Waals surface area contributed by atoms with Crippen LogP contribution in [0.2, 0.25) is 0 Å². The van der Waals surface area contributed by atoms with E-state index in [9.17, 15) is 0 Å². The van der Waals surface area contributed by atoms with Crippen LogP contribution in [0.15, 0.2) is 43.0 Å². The standard InChI is InChI=1S/C30H34N8O2/c1-18-19(2)33-23(15-32-18)13-22-14-25(29-30(35-22)38(20(3)34-29)28-8-6-7-11-40-28)36-24-10-9-21(12-27(24)39-5)26-16-31-17-37(26)4/h9-10,12,14-17,28H,6-8,11,13H2,1-5H3,(H,35,36). The van der Waals surface area contributed by atoms with Crippen LogP contribution in [0.5, 0.6) is 5.75 Å². The van der Waals surface area contributed by atoms with Gasteiger partial charge in [0, 0.05) is 31.8 Å². The zero-order valence-corrected chi connectivity index (χ0v) is 23.6. The molecule has 10 nitrogen and oxygen atoms in total. The molecule has 1 fully saturated rings. The number of methoxy groups -OCH3 is 1. The Hall–Kier alpha value is -4.31. The van der Waals surface area contributed by atoms with E-state index in [-0.39, 0.29) is 6.23 Å². The van der Waals surface area contributed by atoms with Crippen LogP contribution in [-0.4, -0.2) is 47.8 Å².